The van der Waals surface area contributed by atoms with Crippen molar-refractivity contribution in [2.75, 3.05) is 128 Å². The van der Waals surface area contributed by atoms with Gasteiger partial charge in [-0.2, -0.15) is 0 Å². The van der Waals surface area contributed by atoms with E-state index >= 15 is 0 Å². The SMILES string of the molecule is CN(CC(O)COc1ccccc1)c1cccc(CN)c1.COCCCCCC(O)C(C)Oc1ccccc1.Cc1c(Cl)cccc1NCC(O)COc1ccccc1.Cc1cc2c(OCC(O)CNC(C)C)cccc2[nH]1.O=[N+]([O-])c1ccc(NCCCCC(O)COc2ccccc2)cc1.OC(CNCCCc1c(Cl)cccc1Cl)COc1ccccc1.OC(CNCCCc1ccc(Cl)cc1Cl)COc1ccccc1. The number of nitro groups is 1. The predicted octanol–water partition coefficient (Wildman–Crippen LogP) is 22.3. The number of aromatic amines is 1. The molecule has 13 rings (SSSR count). The number of likely N-dealkylation sites (N-methyl/N-ethyl adjacent to an activating group) is 1. The third-order valence-corrected chi connectivity index (χ3v) is 24.2. The number of non-ortho nitro benzene ring substituents is 1. The number of aliphatic hydroxyl groups is 7. The Kier molecular flexibility index (Phi) is 61.4. The molecule has 0 aliphatic heterocycles. The minimum atomic E-state index is -0.589. The minimum Gasteiger partial charge on any atom is -0.491 e. The van der Waals surface area contributed by atoms with E-state index in [1.165, 1.54) is 12.1 Å². The zero-order valence-electron chi connectivity index (χ0n) is 85.8. The van der Waals surface area contributed by atoms with Crippen molar-refractivity contribution >= 4 is 91.7 Å². The summed E-state index contributed by atoms with van der Waals surface area (Å²) >= 11 is 30.3. The number of methoxy groups -OCH3 is 1. The van der Waals surface area contributed by atoms with Gasteiger partial charge in [0, 0.05) is 144 Å². The van der Waals surface area contributed by atoms with Gasteiger partial charge in [0.25, 0.3) is 5.69 Å². The Morgan fingerprint density at radius 1 is 0.432 bits per heavy atom. The number of aryl methyl sites for hydroxylation is 2. The monoisotopic (exact) mass is 2130 g/mol. The van der Waals surface area contributed by atoms with Crippen LogP contribution in [0.4, 0.5) is 22.7 Å². The van der Waals surface area contributed by atoms with Crippen LogP contribution in [0.3, 0.4) is 0 Å². The smallest absolute Gasteiger partial charge is 0.269 e. The van der Waals surface area contributed by atoms with Gasteiger partial charge in [0.05, 0.1) is 17.1 Å². The highest BCUT2D eigenvalue weighted by molar-refractivity contribution is 6.36. The number of nitrogens with zero attached hydrogens (tertiary/aromatic N) is 2. The summed E-state index contributed by atoms with van der Waals surface area (Å²) in [6.45, 7) is 17.7. The zero-order valence-corrected chi connectivity index (χ0v) is 89.6. The predicted molar refractivity (Wildman–Crippen MR) is 603 cm³/mol. The van der Waals surface area contributed by atoms with Crippen molar-refractivity contribution in [1.29, 1.82) is 0 Å². The number of nitro benzene ring substituents is 1. The van der Waals surface area contributed by atoms with Crippen molar-refractivity contribution in [3.8, 4) is 40.2 Å². The molecule has 13 aromatic rings. The van der Waals surface area contributed by atoms with Crippen molar-refractivity contribution in [2.24, 2.45) is 5.73 Å². The molecule has 8 atom stereocenters. The van der Waals surface area contributed by atoms with Crippen LogP contribution in [0, 0.1) is 24.0 Å². The van der Waals surface area contributed by atoms with Crippen molar-refractivity contribution < 1.29 is 78.6 Å². The Hall–Kier alpha value is -11.5. The Labute approximate surface area is 898 Å². The quantitative estimate of drug-likeness (QED) is 0.00956. The zero-order chi connectivity index (χ0) is 107. The Morgan fingerprint density at radius 3 is 1.43 bits per heavy atom. The van der Waals surface area contributed by atoms with Crippen LogP contribution in [-0.2, 0) is 24.1 Å². The molecule has 800 valence electrons. The molecule has 0 saturated carbocycles. The van der Waals surface area contributed by atoms with Gasteiger partial charge < -0.3 is 116 Å². The summed E-state index contributed by atoms with van der Waals surface area (Å²) < 4.78 is 43.9. The molecule has 0 aliphatic rings. The molecular formula is C117H150Cl5N9O17. The van der Waals surface area contributed by atoms with Crippen LogP contribution in [0.15, 0.2) is 309 Å². The fraction of sp³-hybridized carbons (Fsp3) is 0.368. The van der Waals surface area contributed by atoms with Crippen LogP contribution in [0.5, 0.6) is 40.2 Å². The molecule has 0 amide bonds. The first-order chi connectivity index (χ1) is 71.6. The van der Waals surface area contributed by atoms with Crippen molar-refractivity contribution in [1.82, 2.24) is 20.9 Å². The average molecular weight is 2130 g/mol. The second-order valence-corrected chi connectivity index (χ2v) is 37.5. The number of benzene rings is 12. The number of hydrogen-bond donors (Lipinski definition) is 14. The number of hydrogen-bond acceptors (Lipinski definition) is 24. The van der Waals surface area contributed by atoms with Crippen LogP contribution < -0.4 is 70.4 Å². The molecule has 12 aromatic carbocycles. The van der Waals surface area contributed by atoms with E-state index in [1.807, 2.05) is 306 Å². The molecule has 0 aliphatic carbocycles. The molecular weight excluding hydrogens is 1980 g/mol. The molecule has 1 aromatic heterocycles. The van der Waals surface area contributed by atoms with Gasteiger partial charge in [-0.3, -0.25) is 10.1 Å². The number of anilines is 3. The highest BCUT2D eigenvalue weighted by atomic mass is 35.5. The third kappa shape index (κ3) is 53.1. The Morgan fingerprint density at radius 2 is 0.905 bits per heavy atom. The number of nitrogens with two attached hydrogens (primary N) is 1. The van der Waals surface area contributed by atoms with Crippen LogP contribution >= 0.6 is 58.0 Å². The van der Waals surface area contributed by atoms with Crippen molar-refractivity contribution in [3.63, 3.8) is 0 Å². The van der Waals surface area contributed by atoms with E-state index in [4.69, 9.17) is 102 Å². The number of nitrogens with one attached hydrogen (secondary N) is 6. The van der Waals surface area contributed by atoms with E-state index in [1.54, 1.807) is 25.3 Å². The number of aromatic nitrogens is 1. The van der Waals surface area contributed by atoms with Gasteiger partial charge in [0.1, 0.15) is 117 Å². The second-order valence-electron chi connectivity index (χ2n) is 35.5. The molecule has 8 unspecified atom stereocenters. The number of aliphatic hydroxyl groups excluding tert-OH is 7. The summed E-state index contributed by atoms with van der Waals surface area (Å²) in [7, 11) is 3.66. The van der Waals surface area contributed by atoms with Gasteiger partial charge in [-0.25, -0.2) is 0 Å². The lowest BCUT2D eigenvalue weighted by Crippen LogP contribution is -2.35. The van der Waals surface area contributed by atoms with E-state index in [9.17, 15) is 45.9 Å². The number of rotatable bonds is 56. The van der Waals surface area contributed by atoms with Gasteiger partial charge in [0.2, 0.25) is 0 Å². The fourth-order valence-electron chi connectivity index (χ4n) is 14.3. The molecule has 148 heavy (non-hydrogen) atoms. The number of H-pyrrole nitrogens is 1. The normalized spacial score (nSPS) is 12.4. The summed E-state index contributed by atoms with van der Waals surface area (Å²) in [5, 5.41) is 101. The average Bonchev–Trinajstić information content (AvgIpc) is 1.67. The Bertz CT molecular complexity index is 5640. The van der Waals surface area contributed by atoms with Gasteiger partial charge in [-0.1, -0.05) is 230 Å². The number of fused-ring (bicyclic) bond motifs is 1. The molecule has 0 bridgehead atoms. The van der Waals surface area contributed by atoms with E-state index in [0.29, 0.717) is 90.1 Å². The highest BCUT2D eigenvalue weighted by Crippen LogP contribution is 2.30. The summed E-state index contributed by atoms with van der Waals surface area (Å²) in [4.78, 5) is 15.4. The van der Waals surface area contributed by atoms with E-state index in [0.717, 1.165) is 187 Å². The maximum absolute atomic E-state index is 10.6. The largest absolute Gasteiger partial charge is 0.491 e. The van der Waals surface area contributed by atoms with Crippen LogP contribution in [0.2, 0.25) is 25.1 Å². The number of unbranched alkanes of at least 4 members (excludes halogenated alkanes) is 3. The first kappa shape index (κ1) is 123. The van der Waals surface area contributed by atoms with E-state index in [2.05, 4.69) is 51.5 Å². The number of para-hydroxylation sites is 6. The van der Waals surface area contributed by atoms with Crippen molar-refractivity contribution in [3.05, 3.63) is 373 Å². The first-order valence-corrected chi connectivity index (χ1v) is 52.1. The molecule has 31 heteroatoms. The maximum Gasteiger partial charge on any atom is 0.269 e. The van der Waals surface area contributed by atoms with Gasteiger partial charge >= 0.3 is 0 Å². The lowest BCUT2D eigenvalue weighted by molar-refractivity contribution is -0.384. The Balaban J connectivity index is 0.000000234. The van der Waals surface area contributed by atoms with E-state index < -0.39 is 47.7 Å². The maximum atomic E-state index is 10.6. The molecule has 0 saturated heterocycles. The van der Waals surface area contributed by atoms with Crippen LogP contribution in [0.1, 0.15) is 107 Å². The molecule has 1 heterocycles. The van der Waals surface area contributed by atoms with Gasteiger partial charge in [-0.15, -0.1) is 0 Å². The number of ether oxygens (including phenoxy) is 8. The molecule has 26 nitrogen and oxygen atoms in total. The molecule has 0 fully saturated rings. The summed E-state index contributed by atoms with van der Waals surface area (Å²) in [6, 6.07) is 96.4. The van der Waals surface area contributed by atoms with Crippen LogP contribution in [-0.4, -0.2) is 213 Å². The van der Waals surface area contributed by atoms with Crippen molar-refractivity contribution in [2.45, 2.75) is 167 Å². The minimum absolute atomic E-state index is 0.0853. The van der Waals surface area contributed by atoms with Crippen LogP contribution in [0.25, 0.3) is 10.9 Å². The van der Waals surface area contributed by atoms with E-state index in [-0.39, 0.29) is 38.2 Å². The third-order valence-electron chi connectivity index (χ3n) is 22.5. The van der Waals surface area contributed by atoms with Gasteiger partial charge in [-0.05, 0) is 266 Å². The second kappa shape index (κ2) is 73.6. The topological polar surface area (TPSA) is 364 Å². The summed E-state index contributed by atoms with van der Waals surface area (Å²) in [6.07, 6.45) is 6.10. The summed E-state index contributed by atoms with van der Waals surface area (Å²) in [5.74, 6) is 5.43. The van der Waals surface area contributed by atoms with Gasteiger partial charge in [0.15, 0.2) is 0 Å². The first-order valence-electron chi connectivity index (χ1n) is 50.2. The standard InChI is InChI=1S/2C18H21Cl2NO2.C18H22N2O4.C17H22N2O2.C16H18ClNO2.C15H22N2O2.C15H24O3/c19-17-9-4-10-18(20)16(17)8-5-11-21-12-14(22)13-23-15-6-2-1-3-7-15;19-15-9-8-14(18(20)11-15)5-4-10-21-12-16(22)13-23-17-6-2-1-3-7-17;21-17(14-24-18-7-2-1-3-8-18)6-4-5-13-19-15-9-11-16(12-10-15)20(22)23;1-19(15-7-5-6-14(10-15)11-18)12-16(20)13-21-17-8-3-2-4-9-17;1-12-15(17)8-5-9-16(12)18-10-13(19)11-20-14-6-3-2-4-7-14;1-10(2)16-8-12(18)9-19-15-6-4-5-14-13(15)7-11(3)17-14;1-13(18-14-9-5-3-6-10-14)15(16)11-7-4-8-12-17-2/h1-4,6-7,9-10,14,21-22H,5,8,11-13H2;1-3,6-9,11,16,21-22H,4-5,10,12-13H2;1-3,7-12,17,19,21H,4-6,13-14H2;2-10,16,20H,11-13,18H2,1H3;2-9,13,18-19H,10-11H2,1H3;4-7,10,12,16-18H,8-9H2,1-3H3;3,5-6,9-10,13,15-16H,4,7-8,11-12H2,1-2H3. The summed E-state index contributed by atoms with van der Waals surface area (Å²) in [5.41, 5.74) is 14.8. The molecule has 0 radical (unpaired) electrons. The lowest BCUT2D eigenvalue weighted by Gasteiger charge is -2.23. The number of halogens is 5. The molecule has 15 N–H and O–H groups in total. The fourth-order valence-corrected chi connectivity index (χ4v) is 15.6. The lowest BCUT2D eigenvalue weighted by atomic mass is 10.1. The highest BCUT2D eigenvalue weighted by Gasteiger charge is 2.19. The molecule has 0 spiro atoms.